The summed E-state index contributed by atoms with van der Waals surface area (Å²) in [6, 6.07) is 8.72. The van der Waals surface area contributed by atoms with Crippen LogP contribution in [0.1, 0.15) is 39.5 Å². The molecular weight excluding hydrogens is 324 g/mol. The van der Waals surface area contributed by atoms with E-state index >= 15 is 0 Å². The molecular formula is C18H28N2O3S. The molecule has 6 heteroatoms. The van der Waals surface area contributed by atoms with E-state index in [2.05, 4.69) is 4.72 Å². The van der Waals surface area contributed by atoms with Gasteiger partial charge in [0.1, 0.15) is 0 Å². The van der Waals surface area contributed by atoms with Crippen molar-refractivity contribution in [3.63, 3.8) is 0 Å². The molecule has 0 aliphatic heterocycles. The summed E-state index contributed by atoms with van der Waals surface area (Å²) in [5, 5.41) is 0. The number of nitrogens with one attached hydrogen (secondary N) is 1. The summed E-state index contributed by atoms with van der Waals surface area (Å²) in [5.41, 5.74) is 0. The summed E-state index contributed by atoms with van der Waals surface area (Å²) >= 11 is 0. The molecule has 1 fully saturated rings. The van der Waals surface area contributed by atoms with Gasteiger partial charge in [0.25, 0.3) is 0 Å². The molecule has 1 amide bonds. The minimum absolute atomic E-state index is 0.234. The number of sulfonamides is 1. The smallest absolute Gasteiger partial charge is 0.240 e. The van der Waals surface area contributed by atoms with Crippen LogP contribution in [0.2, 0.25) is 0 Å². The highest BCUT2D eigenvalue weighted by molar-refractivity contribution is 7.89. The number of carbonyl (C=O) groups is 1. The van der Waals surface area contributed by atoms with E-state index in [4.69, 9.17) is 0 Å². The maximum absolute atomic E-state index is 12.2. The molecule has 1 saturated carbocycles. The van der Waals surface area contributed by atoms with Crippen molar-refractivity contribution < 1.29 is 13.2 Å². The molecule has 0 saturated heterocycles. The highest BCUT2D eigenvalue weighted by Crippen LogP contribution is 2.29. The fraction of sp³-hybridized carbons (Fsp3) is 0.611. The van der Waals surface area contributed by atoms with E-state index in [0.717, 1.165) is 38.6 Å². The fourth-order valence-corrected chi connectivity index (χ4v) is 4.34. The summed E-state index contributed by atoms with van der Waals surface area (Å²) in [4.78, 5) is 13.2. The lowest BCUT2D eigenvalue weighted by Gasteiger charge is -2.32. The van der Waals surface area contributed by atoms with Crippen LogP contribution < -0.4 is 4.72 Å². The second-order valence-corrected chi connectivity index (χ2v) is 8.71. The molecule has 5 nitrogen and oxygen atoms in total. The third kappa shape index (κ3) is 5.31. The molecule has 2 rings (SSSR count). The van der Waals surface area contributed by atoms with Gasteiger partial charge in [-0.2, -0.15) is 0 Å². The first kappa shape index (κ1) is 18.9. The van der Waals surface area contributed by atoms with Crippen LogP contribution in [-0.2, 0) is 14.8 Å². The van der Waals surface area contributed by atoms with Gasteiger partial charge in [-0.15, -0.1) is 0 Å². The maximum Gasteiger partial charge on any atom is 0.240 e. The summed E-state index contributed by atoms with van der Waals surface area (Å²) < 4.78 is 27.2. The molecule has 0 heterocycles. The molecule has 0 spiro atoms. The van der Waals surface area contributed by atoms with Gasteiger partial charge >= 0.3 is 0 Å². The van der Waals surface area contributed by atoms with Gasteiger partial charge in [0.2, 0.25) is 16.4 Å². The zero-order chi connectivity index (χ0) is 17.6. The van der Waals surface area contributed by atoms with Gasteiger partial charge in [-0.25, -0.2) is 13.1 Å². The van der Waals surface area contributed by atoms with Crippen molar-refractivity contribution in [1.82, 2.24) is 9.62 Å². The monoisotopic (exact) mass is 352 g/mol. The Morgan fingerprint density at radius 3 is 2.25 bits per heavy atom. The first-order valence-corrected chi connectivity index (χ1v) is 10.2. The Balaban J connectivity index is 1.78. The van der Waals surface area contributed by atoms with Crippen molar-refractivity contribution in [2.24, 2.45) is 11.8 Å². The van der Waals surface area contributed by atoms with Crippen molar-refractivity contribution in [2.75, 3.05) is 13.1 Å². The zero-order valence-corrected chi connectivity index (χ0v) is 15.3. The van der Waals surface area contributed by atoms with Crippen LogP contribution in [0.5, 0.6) is 0 Å². The molecule has 0 unspecified atom stereocenters. The average Bonchev–Trinajstić information content (AvgIpc) is 2.59. The molecule has 24 heavy (non-hydrogen) atoms. The lowest BCUT2D eigenvalue weighted by molar-refractivity contribution is -0.120. The Hall–Kier alpha value is -1.40. The maximum atomic E-state index is 12.2. The molecule has 1 aromatic carbocycles. The Kier molecular flexibility index (Phi) is 6.80. The third-order valence-corrected chi connectivity index (χ3v) is 6.29. The van der Waals surface area contributed by atoms with Crippen LogP contribution in [-0.4, -0.2) is 38.9 Å². The van der Waals surface area contributed by atoms with E-state index in [9.17, 15) is 13.2 Å². The predicted molar refractivity (Wildman–Crippen MR) is 95.0 cm³/mol. The van der Waals surface area contributed by atoms with Gasteiger partial charge in [0, 0.05) is 19.1 Å². The summed E-state index contributed by atoms with van der Waals surface area (Å²) in [5.74, 6) is 0.906. The van der Waals surface area contributed by atoms with E-state index in [0.29, 0.717) is 23.3 Å². The van der Waals surface area contributed by atoms with Gasteiger partial charge in [-0.3, -0.25) is 4.79 Å². The minimum atomic E-state index is -3.41. The lowest BCUT2D eigenvalue weighted by Crippen LogP contribution is -2.37. The van der Waals surface area contributed by atoms with Gasteiger partial charge in [-0.1, -0.05) is 18.2 Å². The van der Waals surface area contributed by atoms with Gasteiger partial charge in [0.05, 0.1) is 4.90 Å². The summed E-state index contributed by atoms with van der Waals surface area (Å²) in [6.45, 7) is 5.35. The fourth-order valence-electron chi connectivity index (χ4n) is 3.20. The molecule has 0 aromatic heterocycles. The van der Waals surface area contributed by atoms with E-state index in [1.165, 1.54) is 0 Å². The van der Waals surface area contributed by atoms with Gasteiger partial charge in [0.15, 0.2) is 0 Å². The van der Waals surface area contributed by atoms with Gasteiger partial charge < -0.3 is 4.90 Å². The largest absolute Gasteiger partial charge is 0.343 e. The van der Waals surface area contributed by atoms with E-state index in [1.807, 2.05) is 18.7 Å². The predicted octanol–water partition coefficient (Wildman–Crippen LogP) is 2.64. The van der Waals surface area contributed by atoms with Crippen LogP contribution in [0.3, 0.4) is 0 Å². The quantitative estimate of drug-likeness (QED) is 0.732. The number of carbonyl (C=O) groups excluding carboxylic acids is 1. The molecule has 1 aliphatic carbocycles. The number of hydrogen-bond donors (Lipinski definition) is 1. The minimum Gasteiger partial charge on any atom is -0.343 e. The Labute approximate surface area is 145 Å². The van der Waals surface area contributed by atoms with Crippen molar-refractivity contribution in [3.8, 4) is 0 Å². The Bertz CT molecular complexity index is 608. The third-order valence-electron chi connectivity index (χ3n) is 4.85. The van der Waals surface area contributed by atoms with Crippen molar-refractivity contribution in [3.05, 3.63) is 30.3 Å². The van der Waals surface area contributed by atoms with Crippen LogP contribution in [0, 0.1) is 11.8 Å². The number of nitrogens with zero attached hydrogens (tertiary/aromatic N) is 1. The van der Waals surface area contributed by atoms with Crippen LogP contribution in [0.25, 0.3) is 0 Å². The highest BCUT2D eigenvalue weighted by Gasteiger charge is 2.24. The topological polar surface area (TPSA) is 66.5 Å². The average molecular weight is 353 g/mol. The summed E-state index contributed by atoms with van der Waals surface area (Å²) in [6.07, 6.45) is 5.05. The van der Waals surface area contributed by atoms with Crippen molar-refractivity contribution >= 4 is 16.4 Å². The van der Waals surface area contributed by atoms with Gasteiger partial charge in [-0.05, 0) is 63.5 Å². The molecule has 1 N–H and O–H groups in total. The Morgan fingerprint density at radius 1 is 1.12 bits per heavy atom. The molecule has 1 aromatic rings. The SMILES string of the molecule is CC(C)N(C=O)CC1CCC(CNS(=O)(=O)c2ccccc2)CC1. The van der Waals surface area contributed by atoms with Crippen molar-refractivity contribution in [1.29, 1.82) is 0 Å². The molecule has 0 bridgehead atoms. The standard InChI is InChI=1S/C18H28N2O3S/c1-15(2)20(14-21)13-17-10-8-16(9-11-17)12-19-24(22,23)18-6-4-3-5-7-18/h3-7,14-17,19H,8-13H2,1-2H3. The normalized spacial score (nSPS) is 21.6. The van der Waals surface area contributed by atoms with E-state index in [1.54, 1.807) is 30.3 Å². The second kappa shape index (κ2) is 8.62. The number of amides is 1. The summed E-state index contributed by atoms with van der Waals surface area (Å²) in [7, 11) is -3.41. The van der Waals surface area contributed by atoms with E-state index in [-0.39, 0.29) is 6.04 Å². The highest BCUT2D eigenvalue weighted by atomic mass is 32.2. The van der Waals surface area contributed by atoms with Crippen LogP contribution in [0.15, 0.2) is 35.2 Å². The van der Waals surface area contributed by atoms with Crippen LogP contribution in [0.4, 0.5) is 0 Å². The lowest BCUT2D eigenvalue weighted by atomic mass is 9.82. The van der Waals surface area contributed by atoms with Crippen molar-refractivity contribution in [2.45, 2.75) is 50.5 Å². The number of rotatable bonds is 8. The molecule has 1 aliphatic rings. The number of benzene rings is 1. The second-order valence-electron chi connectivity index (χ2n) is 6.95. The first-order chi connectivity index (χ1) is 11.4. The number of hydrogen-bond acceptors (Lipinski definition) is 3. The van der Waals surface area contributed by atoms with E-state index < -0.39 is 10.0 Å². The molecule has 0 radical (unpaired) electrons. The molecule has 0 atom stereocenters. The molecule has 134 valence electrons. The Morgan fingerprint density at radius 2 is 1.71 bits per heavy atom. The first-order valence-electron chi connectivity index (χ1n) is 8.68. The zero-order valence-electron chi connectivity index (χ0n) is 14.5. The van der Waals surface area contributed by atoms with Crippen LogP contribution >= 0.6 is 0 Å².